The third kappa shape index (κ3) is 8.80. The van der Waals surface area contributed by atoms with Crippen LogP contribution in [0.4, 0.5) is 5.69 Å². The van der Waals surface area contributed by atoms with Crippen molar-refractivity contribution in [2.75, 3.05) is 38.2 Å². The topological polar surface area (TPSA) is 58.1 Å². The second-order valence-corrected chi connectivity index (χ2v) is 7.81. The summed E-state index contributed by atoms with van der Waals surface area (Å²) in [6.07, 6.45) is 1.98. The molecule has 1 aliphatic heterocycles. The van der Waals surface area contributed by atoms with Crippen molar-refractivity contribution in [3.63, 3.8) is 0 Å². The molecule has 0 amide bonds. The maximum Gasteiger partial charge on any atom is 0.196 e. The molecule has 174 valence electrons. The highest BCUT2D eigenvalue weighted by Gasteiger charge is 2.12. The Hall–Kier alpha value is -2.10. The molecule has 1 fully saturated rings. The molecular formula is C25H35IN4O2. The molecule has 3 rings (SSSR count). The van der Waals surface area contributed by atoms with Gasteiger partial charge in [-0.25, -0.2) is 4.99 Å². The van der Waals surface area contributed by atoms with Gasteiger partial charge in [-0.1, -0.05) is 30.3 Å². The molecule has 2 aromatic rings. The minimum Gasteiger partial charge on any atom is -0.491 e. The summed E-state index contributed by atoms with van der Waals surface area (Å²) in [4.78, 5) is 7.26. The van der Waals surface area contributed by atoms with Gasteiger partial charge in [0.25, 0.3) is 0 Å². The van der Waals surface area contributed by atoms with Gasteiger partial charge in [0.05, 0.1) is 25.9 Å². The highest BCUT2D eigenvalue weighted by molar-refractivity contribution is 14.0. The number of nitrogens with one attached hydrogen (secondary N) is 2. The van der Waals surface area contributed by atoms with E-state index in [0.717, 1.165) is 50.2 Å². The fraction of sp³-hybridized carbons (Fsp3) is 0.400. The second kappa shape index (κ2) is 14.1. The van der Waals surface area contributed by atoms with Crippen LogP contribution in [0.25, 0.3) is 0 Å². The zero-order chi connectivity index (χ0) is 21.9. The first-order chi connectivity index (χ1) is 15.1. The van der Waals surface area contributed by atoms with E-state index in [1.807, 2.05) is 44.2 Å². The molecule has 0 spiro atoms. The molecule has 2 aromatic carbocycles. The highest BCUT2D eigenvalue weighted by Crippen LogP contribution is 2.17. The van der Waals surface area contributed by atoms with Crippen molar-refractivity contribution < 1.29 is 9.47 Å². The molecule has 0 bridgehead atoms. The normalized spacial score (nSPS) is 14.5. The number of ether oxygens (including phenoxy) is 2. The van der Waals surface area contributed by atoms with Crippen molar-refractivity contribution in [3.05, 3.63) is 72.3 Å². The predicted molar refractivity (Wildman–Crippen MR) is 143 cm³/mol. The maximum absolute atomic E-state index is 5.72. The first kappa shape index (κ1) is 26.2. The average Bonchev–Trinajstić information content (AvgIpc) is 2.78. The Morgan fingerprint density at radius 3 is 2.47 bits per heavy atom. The lowest BCUT2D eigenvalue weighted by atomic mass is 10.1. The van der Waals surface area contributed by atoms with Crippen LogP contribution >= 0.6 is 24.0 Å². The Morgan fingerprint density at radius 2 is 1.81 bits per heavy atom. The minimum absolute atomic E-state index is 0. The Morgan fingerprint density at radius 1 is 1.12 bits per heavy atom. The molecule has 7 heteroatoms. The van der Waals surface area contributed by atoms with Gasteiger partial charge in [0.1, 0.15) is 5.75 Å². The number of guanidine groups is 1. The van der Waals surface area contributed by atoms with E-state index < -0.39 is 0 Å². The summed E-state index contributed by atoms with van der Waals surface area (Å²) in [6, 6.07) is 16.4. The van der Waals surface area contributed by atoms with Gasteiger partial charge in [-0.15, -0.1) is 30.6 Å². The second-order valence-electron chi connectivity index (χ2n) is 7.81. The number of morpholine rings is 1. The van der Waals surface area contributed by atoms with Crippen LogP contribution in [0.5, 0.6) is 5.75 Å². The first-order valence-corrected chi connectivity index (χ1v) is 10.9. The largest absolute Gasteiger partial charge is 0.491 e. The molecule has 0 atom stereocenters. The molecule has 0 aliphatic carbocycles. The van der Waals surface area contributed by atoms with Crippen molar-refractivity contribution in [3.8, 4) is 5.75 Å². The molecular weight excluding hydrogens is 515 g/mol. The number of hydrogen-bond donors (Lipinski definition) is 2. The van der Waals surface area contributed by atoms with Crippen molar-refractivity contribution in [1.82, 2.24) is 10.2 Å². The molecule has 1 aliphatic rings. The van der Waals surface area contributed by atoms with Crippen LogP contribution in [0.15, 0.2) is 66.2 Å². The first-order valence-electron chi connectivity index (χ1n) is 10.9. The van der Waals surface area contributed by atoms with Gasteiger partial charge in [-0.2, -0.15) is 0 Å². The Balaban J connectivity index is 0.00000363. The lowest BCUT2D eigenvalue weighted by Gasteiger charge is -2.27. The monoisotopic (exact) mass is 550 g/mol. The van der Waals surface area contributed by atoms with Crippen LogP contribution in [0.1, 0.15) is 25.0 Å². The number of anilines is 1. The van der Waals surface area contributed by atoms with E-state index in [-0.39, 0.29) is 30.1 Å². The summed E-state index contributed by atoms with van der Waals surface area (Å²) in [5, 5.41) is 6.67. The number of halogens is 1. The fourth-order valence-electron chi connectivity index (χ4n) is 3.36. The molecule has 0 unspecified atom stereocenters. The summed E-state index contributed by atoms with van der Waals surface area (Å²) in [6.45, 7) is 13.6. The zero-order valence-electron chi connectivity index (χ0n) is 19.0. The van der Waals surface area contributed by atoms with Crippen molar-refractivity contribution in [2.45, 2.75) is 33.0 Å². The third-order valence-electron chi connectivity index (χ3n) is 4.93. The van der Waals surface area contributed by atoms with Gasteiger partial charge in [-0.3, -0.25) is 4.90 Å². The SMILES string of the molecule is C=CCNC(=NCc1ccccc1CN1CCOCC1)Nc1ccc(OC(C)C)cc1.I. The summed E-state index contributed by atoms with van der Waals surface area (Å²) in [5.41, 5.74) is 3.49. The van der Waals surface area contributed by atoms with E-state index in [9.17, 15) is 0 Å². The predicted octanol–water partition coefficient (Wildman–Crippen LogP) is 4.67. The number of rotatable bonds is 9. The van der Waals surface area contributed by atoms with Crippen LogP contribution in [-0.2, 0) is 17.8 Å². The Labute approximate surface area is 209 Å². The van der Waals surface area contributed by atoms with E-state index in [1.54, 1.807) is 0 Å². The maximum atomic E-state index is 5.72. The Bertz CT molecular complexity index is 849. The number of aliphatic imine (C=N–C) groups is 1. The lowest BCUT2D eigenvalue weighted by molar-refractivity contribution is 0.0341. The number of hydrogen-bond acceptors (Lipinski definition) is 4. The highest BCUT2D eigenvalue weighted by atomic mass is 127. The van der Waals surface area contributed by atoms with E-state index in [2.05, 4.69) is 46.4 Å². The van der Waals surface area contributed by atoms with Crippen molar-refractivity contribution in [1.29, 1.82) is 0 Å². The van der Waals surface area contributed by atoms with Crippen LogP contribution in [0.2, 0.25) is 0 Å². The standard InChI is InChI=1S/C25H34N4O2.HI/c1-4-13-26-25(28-23-9-11-24(12-10-23)31-20(2)3)27-18-21-7-5-6-8-22(21)19-29-14-16-30-17-15-29;/h4-12,20H,1,13-19H2,2-3H3,(H2,26,27,28);1H. The summed E-state index contributed by atoms with van der Waals surface area (Å²) in [5.74, 6) is 1.58. The third-order valence-corrected chi connectivity index (χ3v) is 4.93. The van der Waals surface area contributed by atoms with E-state index in [1.165, 1.54) is 11.1 Å². The van der Waals surface area contributed by atoms with Gasteiger partial charge in [0.2, 0.25) is 0 Å². The average molecular weight is 550 g/mol. The lowest BCUT2D eigenvalue weighted by Crippen LogP contribution is -2.35. The van der Waals surface area contributed by atoms with E-state index >= 15 is 0 Å². The number of nitrogens with zero attached hydrogens (tertiary/aromatic N) is 2. The summed E-state index contributed by atoms with van der Waals surface area (Å²) < 4.78 is 11.2. The van der Waals surface area contributed by atoms with E-state index in [4.69, 9.17) is 14.5 Å². The molecule has 32 heavy (non-hydrogen) atoms. The van der Waals surface area contributed by atoms with Crippen LogP contribution in [0.3, 0.4) is 0 Å². The fourth-order valence-corrected chi connectivity index (χ4v) is 3.36. The van der Waals surface area contributed by atoms with E-state index in [0.29, 0.717) is 13.1 Å². The summed E-state index contributed by atoms with van der Waals surface area (Å²) in [7, 11) is 0. The summed E-state index contributed by atoms with van der Waals surface area (Å²) >= 11 is 0. The van der Waals surface area contributed by atoms with Crippen LogP contribution in [0, 0.1) is 0 Å². The van der Waals surface area contributed by atoms with Crippen LogP contribution < -0.4 is 15.4 Å². The van der Waals surface area contributed by atoms with Gasteiger partial charge in [0, 0.05) is 31.9 Å². The van der Waals surface area contributed by atoms with Gasteiger partial charge < -0.3 is 20.1 Å². The molecule has 1 saturated heterocycles. The minimum atomic E-state index is 0. The Kier molecular flexibility index (Phi) is 11.5. The molecule has 2 N–H and O–H groups in total. The molecule has 1 heterocycles. The zero-order valence-corrected chi connectivity index (χ0v) is 21.4. The van der Waals surface area contributed by atoms with Crippen LogP contribution in [-0.4, -0.2) is 49.8 Å². The molecule has 0 saturated carbocycles. The number of benzene rings is 2. The van der Waals surface area contributed by atoms with Gasteiger partial charge in [-0.05, 0) is 49.2 Å². The smallest absolute Gasteiger partial charge is 0.196 e. The molecule has 0 radical (unpaired) electrons. The van der Waals surface area contributed by atoms with Crippen molar-refractivity contribution >= 4 is 35.6 Å². The quantitative estimate of drug-likeness (QED) is 0.206. The molecule has 6 nitrogen and oxygen atoms in total. The van der Waals surface area contributed by atoms with Gasteiger partial charge in [0.15, 0.2) is 5.96 Å². The molecule has 0 aromatic heterocycles. The van der Waals surface area contributed by atoms with Gasteiger partial charge >= 0.3 is 0 Å². The van der Waals surface area contributed by atoms with Crippen molar-refractivity contribution in [2.24, 2.45) is 4.99 Å².